The summed E-state index contributed by atoms with van der Waals surface area (Å²) in [6, 6.07) is 19.4. The van der Waals surface area contributed by atoms with Crippen LogP contribution in [-0.2, 0) is 0 Å². The Morgan fingerprint density at radius 2 is 1.66 bits per heavy atom. The van der Waals surface area contributed by atoms with E-state index in [0.717, 1.165) is 44.9 Å². The van der Waals surface area contributed by atoms with Crippen LogP contribution in [0, 0.1) is 6.92 Å². The van der Waals surface area contributed by atoms with Crippen molar-refractivity contribution in [3.63, 3.8) is 0 Å². The Bertz CT molecular complexity index is 1410. The molecular formula is C28H26N4. The highest BCUT2D eigenvalue weighted by atomic mass is 15.2. The third-order valence-corrected chi connectivity index (χ3v) is 6.81. The molecule has 4 nitrogen and oxygen atoms in total. The summed E-state index contributed by atoms with van der Waals surface area (Å²) in [5, 5.41) is 5.76. The molecule has 2 aromatic carbocycles. The van der Waals surface area contributed by atoms with E-state index in [0.29, 0.717) is 0 Å². The van der Waals surface area contributed by atoms with Gasteiger partial charge in [-0.1, -0.05) is 61.7 Å². The van der Waals surface area contributed by atoms with Crippen LogP contribution in [0.15, 0.2) is 73.2 Å². The molecule has 32 heavy (non-hydrogen) atoms. The van der Waals surface area contributed by atoms with Crippen LogP contribution in [0.2, 0.25) is 0 Å². The quantitative estimate of drug-likeness (QED) is 0.318. The van der Waals surface area contributed by atoms with Crippen molar-refractivity contribution in [2.45, 2.75) is 44.9 Å². The van der Waals surface area contributed by atoms with Gasteiger partial charge in [-0.2, -0.15) is 5.10 Å². The van der Waals surface area contributed by atoms with Gasteiger partial charge in [-0.05, 0) is 54.5 Å². The Hall–Kier alpha value is -3.53. The molecule has 0 radical (unpaired) electrons. The Labute approximate surface area is 188 Å². The second-order valence-electron chi connectivity index (χ2n) is 8.95. The molecule has 0 unspecified atom stereocenters. The van der Waals surface area contributed by atoms with Crippen LogP contribution in [0.4, 0.5) is 0 Å². The molecule has 1 aliphatic rings. The largest absolute Gasteiger partial charge is 0.253 e. The second-order valence-corrected chi connectivity index (χ2v) is 8.95. The number of para-hydroxylation sites is 1. The number of hydrogen-bond donors (Lipinski definition) is 0. The lowest BCUT2D eigenvalue weighted by Crippen LogP contribution is -2.04. The van der Waals surface area contributed by atoms with Crippen LogP contribution in [-0.4, -0.2) is 19.6 Å². The summed E-state index contributed by atoms with van der Waals surface area (Å²) >= 11 is 0. The van der Waals surface area contributed by atoms with Gasteiger partial charge in [0.15, 0.2) is 5.65 Å². The zero-order valence-electron chi connectivity index (χ0n) is 18.3. The van der Waals surface area contributed by atoms with Crippen molar-refractivity contribution in [1.82, 2.24) is 19.6 Å². The first-order valence-electron chi connectivity index (χ1n) is 11.6. The zero-order valence-corrected chi connectivity index (χ0v) is 18.3. The molecule has 0 spiro atoms. The SMILES string of the molecule is Cc1cc(-c2cnn3cc(-c4ccc(C5CCCCC5)cc4)cnc23)c2ccccc2n1. The fourth-order valence-electron chi connectivity index (χ4n) is 5.13. The van der Waals surface area contributed by atoms with Crippen LogP contribution in [0.5, 0.6) is 0 Å². The maximum absolute atomic E-state index is 4.82. The van der Waals surface area contributed by atoms with Crippen molar-refractivity contribution in [3.05, 3.63) is 84.4 Å². The fraction of sp³-hybridized carbons (Fsp3) is 0.250. The lowest BCUT2D eigenvalue weighted by atomic mass is 9.84. The van der Waals surface area contributed by atoms with E-state index in [2.05, 4.69) is 64.8 Å². The molecule has 6 rings (SSSR count). The van der Waals surface area contributed by atoms with Gasteiger partial charge in [0, 0.05) is 34.6 Å². The lowest BCUT2D eigenvalue weighted by Gasteiger charge is -2.22. The predicted octanol–water partition coefficient (Wildman–Crippen LogP) is 6.97. The fourth-order valence-corrected chi connectivity index (χ4v) is 5.13. The van der Waals surface area contributed by atoms with E-state index in [1.165, 1.54) is 43.2 Å². The van der Waals surface area contributed by atoms with E-state index < -0.39 is 0 Å². The van der Waals surface area contributed by atoms with Gasteiger partial charge in [0.25, 0.3) is 0 Å². The number of nitrogens with zero attached hydrogens (tertiary/aromatic N) is 4. The van der Waals surface area contributed by atoms with Gasteiger partial charge in [0.2, 0.25) is 0 Å². The molecule has 1 saturated carbocycles. The zero-order chi connectivity index (χ0) is 21.5. The summed E-state index contributed by atoms with van der Waals surface area (Å²) in [6.45, 7) is 2.03. The van der Waals surface area contributed by atoms with Gasteiger partial charge >= 0.3 is 0 Å². The van der Waals surface area contributed by atoms with Gasteiger partial charge in [0.05, 0.1) is 11.7 Å². The molecule has 4 heteroatoms. The topological polar surface area (TPSA) is 43.1 Å². The summed E-state index contributed by atoms with van der Waals surface area (Å²) in [7, 11) is 0. The highest BCUT2D eigenvalue weighted by Crippen LogP contribution is 2.34. The summed E-state index contributed by atoms with van der Waals surface area (Å²) in [5.41, 5.74) is 8.75. The molecule has 1 fully saturated rings. The first-order chi connectivity index (χ1) is 15.8. The standard InChI is InChI=1S/C28H26N4/c1-19-15-25(24-9-5-6-10-27(24)31-19)26-17-30-32-18-23(16-29-28(26)32)22-13-11-21(12-14-22)20-7-3-2-4-8-20/h5-6,9-18,20H,2-4,7-8H2,1H3. The highest BCUT2D eigenvalue weighted by molar-refractivity contribution is 5.98. The Morgan fingerprint density at radius 3 is 2.50 bits per heavy atom. The number of benzene rings is 2. The maximum Gasteiger partial charge on any atom is 0.162 e. The van der Waals surface area contributed by atoms with Gasteiger partial charge in [-0.3, -0.25) is 4.98 Å². The number of pyridine rings is 1. The minimum Gasteiger partial charge on any atom is -0.253 e. The first-order valence-corrected chi connectivity index (χ1v) is 11.6. The Morgan fingerprint density at radius 1 is 0.844 bits per heavy atom. The molecule has 0 N–H and O–H groups in total. The average molecular weight is 419 g/mol. The maximum atomic E-state index is 4.82. The minimum atomic E-state index is 0.728. The average Bonchev–Trinajstić information content (AvgIpc) is 3.27. The van der Waals surface area contributed by atoms with E-state index in [-0.39, 0.29) is 0 Å². The first kappa shape index (κ1) is 19.2. The van der Waals surface area contributed by atoms with Crippen LogP contribution < -0.4 is 0 Å². The number of hydrogen-bond acceptors (Lipinski definition) is 3. The lowest BCUT2D eigenvalue weighted by molar-refractivity contribution is 0.443. The highest BCUT2D eigenvalue weighted by Gasteiger charge is 2.16. The molecule has 0 bridgehead atoms. The van der Waals surface area contributed by atoms with Crippen molar-refractivity contribution in [2.24, 2.45) is 0 Å². The molecule has 0 atom stereocenters. The van der Waals surface area contributed by atoms with Crippen molar-refractivity contribution in [3.8, 4) is 22.3 Å². The van der Waals surface area contributed by atoms with Gasteiger partial charge in [-0.25, -0.2) is 9.50 Å². The monoisotopic (exact) mass is 418 g/mol. The summed E-state index contributed by atoms with van der Waals surface area (Å²) in [4.78, 5) is 9.50. The van der Waals surface area contributed by atoms with Gasteiger partial charge in [0.1, 0.15) is 0 Å². The van der Waals surface area contributed by atoms with Crippen molar-refractivity contribution >= 4 is 16.6 Å². The van der Waals surface area contributed by atoms with Crippen LogP contribution in [0.3, 0.4) is 0 Å². The summed E-state index contributed by atoms with van der Waals surface area (Å²) in [6.07, 6.45) is 12.7. The predicted molar refractivity (Wildman–Crippen MR) is 130 cm³/mol. The molecule has 3 heterocycles. The molecule has 0 aliphatic heterocycles. The number of aryl methyl sites for hydroxylation is 1. The molecule has 0 saturated heterocycles. The van der Waals surface area contributed by atoms with Crippen molar-refractivity contribution in [2.75, 3.05) is 0 Å². The normalized spacial score (nSPS) is 14.9. The van der Waals surface area contributed by atoms with Crippen molar-refractivity contribution in [1.29, 1.82) is 0 Å². The second kappa shape index (κ2) is 7.86. The summed E-state index contributed by atoms with van der Waals surface area (Å²) in [5.74, 6) is 0.728. The smallest absolute Gasteiger partial charge is 0.162 e. The van der Waals surface area contributed by atoms with Crippen LogP contribution in [0.1, 0.15) is 49.3 Å². The number of aromatic nitrogens is 4. The molecule has 0 amide bonds. The van der Waals surface area contributed by atoms with E-state index in [1.807, 2.05) is 29.9 Å². The van der Waals surface area contributed by atoms with E-state index in [4.69, 9.17) is 4.98 Å². The van der Waals surface area contributed by atoms with Gasteiger partial charge in [-0.15, -0.1) is 0 Å². The van der Waals surface area contributed by atoms with E-state index in [9.17, 15) is 0 Å². The Balaban J connectivity index is 1.37. The van der Waals surface area contributed by atoms with E-state index >= 15 is 0 Å². The Kier molecular flexibility index (Phi) is 4.71. The molecule has 3 aromatic heterocycles. The van der Waals surface area contributed by atoms with Gasteiger partial charge < -0.3 is 0 Å². The minimum absolute atomic E-state index is 0.728. The number of rotatable bonds is 3. The molecular weight excluding hydrogens is 392 g/mol. The third-order valence-electron chi connectivity index (χ3n) is 6.81. The van der Waals surface area contributed by atoms with Crippen LogP contribution in [0.25, 0.3) is 38.8 Å². The molecule has 158 valence electrons. The van der Waals surface area contributed by atoms with Crippen LogP contribution >= 0.6 is 0 Å². The van der Waals surface area contributed by atoms with E-state index in [1.54, 1.807) is 0 Å². The molecule has 5 aromatic rings. The third kappa shape index (κ3) is 3.36. The molecule has 1 aliphatic carbocycles. The summed E-state index contributed by atoms with van der Waals surface area (Å²) < 4.78 is 1.89. The number of fused-ring (bicyclic) bond motifs is 2. The van der Waals surface area contributed by atoms with Crippen molar-refractivity contribution < 1.29 is 0 Å².